The third kappa shape index (κ3) is 4.27. The maximum atomic E-state index is 12.5. The molecule has 2 N–H and O–H groups in total. The predicted molar refractivity (Wildman–Crippen MR) is 107 cm³/mol. The molecule has 0 bridgehead atoms. The summed E-state index contributed by atoms with van der Waals surface area (Å²) in [4.78, 5) is 13.6. The quantitative estimate of drug-likeness (QED) is 0.530. The van der Waals surface area contributed by atoms with Gasteiger partial charge < -0.3 is 10.6 Å². The van der Waals surface area contributed by atoms with Crippen LogP contribution in [0.1, 0.15) is 39.2 Å². The second kappa shape index (κ2) is 8.06. The van der Waals surface area contributed by atoms with Gasteiger partial charge in [0.2, 0.25) is 3.79 Å². The number of carbonyl (C=O) groups is 1. The number of aryl methyl sites for hydroxylation is 1. The first-order chi connectivity index (χ1) is 12.4. The summed E-state index contributed by atoms with van der Waals surface area (Å²) in [5, 5.41) is 16.0. The smallest absolute Gasteiger partial charge is 0.252 e. The lowest BCUT2D eigenvalue weighted by Crippen LogP contribution is -2.49. The normalized spacial score (nSPS) is 14.8. The van der Waals surface area contributed by atoms with Crippen LogP contribution in [0.15, 0.2) is 30.3 Å². The second-order valence-electron chi connectivity index (χ2n) is 5.99. The first kappa shape index (κ1) is 19.3. The van der Waals surface area contributed by atoms with E-state index in [0.29, 0.717) is 16.1 Å². The van der Waals surface area contributed by atoms with Crippen LogP contribution in [-0.4, -0.2) is 15.9 Å². The average Bonchev–Trinajstić information content (AvgIpc) is 2.98. The number of benzene rings is 1. The van der Waals surface area contributed by atoms with E-state index in [1.54, 1.807) is 24.3 Å². The van der Waals surface area contributed by atoms with E-state index in [-0.39, 0.29) is 5.91 Å². The van der Waals surface area contributed by atoms with E-state index in [9.17, 15) is 10.1 Å². The molecule has 0 saturated carbocycles. The van der Waals surface area contributed by atoms with Gasteiger partial charge in [-0.15, -0.1) is 11.3 Å². The summed E-state index contributed by atoms with van der Waals surface area (Å²) < 4.78 is -1.79. The van der Waals surface area contributed by atoms with Crippen LogP contribution in [0.3, 0.4) is 0 Å². The highest BCUT2D eigenvalue weighted by Crippen LogP contribution is 2.40. The number of amides is 1. The average molecular weight is 429 g/mol. The lowest BCUT2D eigenvalue weighted by atomic mass is 9.96. The molecule has 1 aromatic heterocycles. The molecular weight excluding hydrogens is 413 g/mol. The highest BCUT2D eigenvalue weighted by Gasteiger charge is 2.35. The highest BCUT2D eigenvalue weighted by atomic mass is 35.6. The van der Waals surface area contributed by atoms with Gasteiger partial charge in [0.15, 0.2) is 0 Å². The van der Waals surface area contributed by atoms with Crippen LogP contribution in [0.25, 0.3) is 0 Å². The van der Waals surface area contributed by atoms with E-state index in [0.717, 1.165) is 31.2 Å². The van der Waals surface area contributed by atoms with Gasteiger partial charge in [-0.2, -0.15) is 5.26 Å². The fourth-order valence-electron chi connectivity index (χ4n) is 2.92. The van der Waals surface area contributed by atoms with Gasteiger partial charge in [0, 0.05) is 10.4 Å². The van der Waals surface area contributed by atoms with Crippen LogP contribution in [-0.2, 0) is 12.8 Å². The van der Waals surface area contributed by atoms with Crippen molar-refractivity contribution in [3.05, 3.63) is 51.9 Å². The summed E-state index contributed by atoms with van der Waals surface area (Å²) in [6.45, 7) is 0. The van der Waals surface area contributed by atoms with E-state index in [1.165, 1.54) is 16.2 Å². The number of halogens is 3. The molecule has 1 atom stereocenters. The Bertz CT molecular complexity index is 840. The summed E-state index contributed by atoms with van der Waals surface area (Å²) in [6.07, 6.45) is 3.02. The minimum atomic E-state index is -1.79. The molecule has 3 rings (SSSR count). The van der Waals surface area contributed by atoms with Crippen LogP contribution in [0.2, 0.25) is 0 Å². The summed E-state index contributed by atoms with van der Waals surface area (Å²) in [6, 6.07) is 10.9. The molecule has 4 nitrogen and oxygen atoms in total. The largest absolute Gasteiger partial charge is 0.352 e. The molecule has 1 unspecified atom stereocenters. The Morgan fingerprint density at radius 1 is 1.19 bits per heavy atom. The fraction of sp³-hybridized carbons (Fsp3) is 0.333. The molecule has 26 heavy (non-hydrogen) atoms. The number of rotatable bonds is 4. The number of anilines is 1. The Morgan fingerprint density at radius 2 is 1.88 bits per heavy atom. The van der Waals surface area contributed by atoms with Crippen molar-refractivity contribution >= 4 is 57.0 Å². The molecule has 2 aromatic rings. The summed E-state index contributed by atoms with van der Waals surface area (Å²) in [5.41, 5.74) is 2.11. The molecule has 0 saturated heterocycles. The minimum absolute atomic E-state index is 0.366. The van der Waals surface area contributed by atoms with E-state index in [1.807, 2.05) is 6.07 Å². The van der Waals surface area contributed by atoms with Gasteiger partial charge in [-0.05, 0) is 43.4 Å². The molecule has 0 aliphatic heterocycles. The maximum absolute atomic E-state index is 12.5. The summed E-state index contributed by atoms with van der Waals surface area (Å²) in [7, 11) is 0. The Hall–Kier alpha value is -1.45. The first-order valence-electron chi connectivity index (χ1n) is 8.14. The minimum Gasteiger partial charge on any atom is -0.352 e. The van der Waals surface area contributed by atoms with E-state index >= 15 is 0 Å². The topological polar surface area (TPSA) is 64.9 Å². The van der Waals surface area contributed by atoms with Gasteiger partial charge in [0.1, 0.15) is 17.2 Å². The zero-order valence-electron chi connectivity index (χ0n) is 13.7. The first-order valence-corrected chi connectivity index (χ1v) is 10.1. The molecule has 1 aromatic carbocycles. The van der Waals surface area contributed by atoms with Gasteiger partial charge in [-0.25, -0.2) is 0 Å². The van der Waals surface area contributed by atoms with Crippen molar-refractivity contribution < 1.29 is 4.79 Å². The zero-order valence-corrected chi connectivity index (χ0v) is 16.8. The van der Waals surface area contributed by atoms with E-state index in [4.69, 9.17) is 34.8 Å². The number of thiophene rings is 1. The number of alkyl halides is 3. The van der Waals surface area contributed by atoms with Crippen molar-refractivity contribution in [2.75, 3.05) is 5.32 Å². The Labute approximate surface area is 171 Å². The molecular formula is C18H16Cl3N3OS. The van der Waals surface area contributed by atoms with Gasteiger partial charge in [0.25, 0.3) is 5.91 Å². The summed E-state index contributed by atoms with van der Waals surface area (Å²) in [5.74, 6) is -0.366. The van der Waals surface area contributed by atoms with Crippen molar-refractivity contribution in [3.8, 4) is 6.07 Å². The molecule has 1 heterocycles. The fourth-order valence-corrected chi connectivity index (χ4v) is 4.52. The van der Waals surface area contributed by atoms with Crippen molar-refractivity contribution in [1.82, 2.24) is 5.32 Å². The Morgan fingerprint density at radius 3 is 2.54 bits per heavy atom. The molecule has 136 valence electrons. The SMILES string of the molecule is N#Cc1c(NC(NC(=O)c2ccccc2)C(Cl)(Cl)Cl)sc2c1CCCC2. The number of carbonyl (C=O) groups excluding carboxylic acids is 1. The molecule has 1 aliphatic carbocycles. The number of fused-ring (bicyclic) bond motifs is 1. The number of nitrogens with one attached hydrogen (secondary N) is 2. The third-order valence-electron chi connectivity index (χ3n) is 4.20. The highest BCUT2D eigenvalue weighted by molar-refractivity contribution is 7.16. The van der Waals surface area contributed by atoms with Crippen LogP contribution < -0.4 is 10.6 Å². The lowest BCUT2D eigenvalue weighted by molar-refractivity contribution is 0.0942. The van der Waals surface area contributed by atoms with Crippen LogP contribution in [0, 0.1) is 11.3 Å². The molecule has 8 heteroatoms. The Balaban J connectivity index is 1.85. The van der Waals surface area contributed by atoms with Crippen LogP contribution in [0.4, 0.5) is 5.00 Å². The van der Waals surface area contributed by atoms with Gasteiger partial charge in [-0.1, -0.05) is 53.0 Å². The molecule has 0 radical (unpaired) electrons. The number of nitrogens with zero attached hydrogens (tertiary/aromatic N) is 1. The van der Waals surface area contributed by atoms with E-state index in [2.05, 4.69) is 16.7 Å². The summed E-state index contributed by atoms with van der Waals surface area (Å²) >= 11 is 19.7. The maximum Gasteiger partial charge on any atom is 0.252 e. The molecule has 1 amide bonds. The number of nitriles is 1. The number of hydrogen-bond donors (Lipinski definition) is 2. The van der Waals surface area contributed by atoms with Gasteiger partial charge in [0.05, 0.1) is 5.56 Å². The van der Waals surface area contributed by atoms with Crippen molar-refractivity contribution in [3.63, 3.8) is 0 Å². The monoisotopic (exact) mass is 427 g/mol. The lowest BCUT2D eigenvalue weighted by Gasteiger charge is -2.27. The van der Waals surface area contributed by atoms with Gasteiger partial charge >= 0.3 is 0 Å². The second-order valence-corrected chi connectivity index (χ2v) is 9.46. The predicted octanol–water partition coefficient (Wildman–Crippen LogP) is 5.04. The van der Waals surface area contributed by atoms with Gasteiger partial charge in [-0.3, -0.25) is 4.79 Å². The Kier molecular flexibility index (Phi) is 5.99. The van der Waals surface area contributed by atoms with Crippen molar-refractivity contribution in [1.29, 1.82) is 5.26 Å². The standard InChI is InChI=1S/C18H16Cl3N3OS/c19-18(20,21)17(23-15(25)11-6-2-1-3-7-11)24-16-13(10-22)12-8-4-5-9-14(12)26-16/h1-3,6-7,17,24H,4-5,8-9H2,(H,23,25). The van der Waals surface area contributed by atoms with Crippen molar-refractivity contribution in [2.24, 2.45) is 0 Å². The molecule has 0 spiro atoms. The van der Waals surface area contributed by atoms with E-state index < -0.39 is 9.96 Å². The van der Waals surface area contributed by atoms with Crippen molar-refractivity contribution in [2.45, 2.75) is 35.6 Å². The molecule has 1 aliphatic rings. The third-order valence-corrected chi connectivity index (χ3v) is 6.07. The van der Waals surface area contributed by atoms with Crippen LogP contribution >= 0.6 is 46.1 Å². The molecule has 0 fully saturated rings. The van der Waals surface area contributed by atoms with Crippen LogP contribution in [0.5, 0.6) is 0 Å². The zero-order chi connectivity index (χ0) is 18.7. The number of hydrogen-bond acceptors (Lipinski definition) is 4.